The molecule has 0 heterocycles. The number of carbonyl (C=O) groups is 1. The highest BCUT2D eigenvalue weighted by Gasteiger charge is 2.18. The minimum absolute atomic E-state index is 0.131. The average molecular weight is 379 g/mol. The SMILES string of the molecule is C=CCN(CC=C)C(=O)c1cc(Br)cc(S(=O)(=O)Cl)c1. The van der Waals surface area contributed by atoms with E-state index < -0.39 is 9.05 Å². The zero-order chi connectivity index (χ0) is 15.3. The molecule has 1 aromatic rings. The van der Waals surface area contributed by atoms with E-state index in [0.29, 0.717) is 17.6 Å². The van der Waals surface area contributed by atoms with E-state index in [-0.39, 0.29) is 16.4 Å². The van der Waals surface area contributed by atoms with Crippen LogP contribution in [0.3, 0.4) is 0 Å². The Morgan fingerprint density at radius 1 is 1.25 bits per heavy atom. The van der Waals surface area contributed by atoms with Crippen LogP contribution in [0.2, 0.25) is 0 Å². The van der Waals surface area contributed by atoms with E-state index in [1.165, 1.54) is 23.1 Å². The summed E-state index contributed by atoms with van der Waals surface area (Å²) in [6.45, 7) is 7.82. The number of hydrogen-bond acceptors (Lipinski definition) is 3. The van der Waals surface area contributed by atoms with Crippen LogP contribution >= 0.6 is 26.6 Å². The van der Waals surface area contributed by atoms with E-state index >= 15 is 0 Å². The highest BCUT2D eigenvalue weighted by Crippen LogP contribution is 2.23. The van der Waals surface area contributed by atoms with Gasteiger partial charge in [0, 0.05) is 33.8 Å². The molecule has 0 aliphatic rings. The second-order valence-electron chi connectivity index (χ2n) is 3.90. The van der Waals surface area contributed by atoms with Crippen molar-refractivity contribution in [2.75, 3.05) is 13.1 Å². The maximum atomic E-state index is 12.3. The van der Waals surface area contributed by atoms with E-state index in [2.05, 4.69) is 29.1 Å². The summed E-state index contributed by atoms with van der Waals surface area (Å²) >= 11 is 3.17. The van der Waals surface area contributed by atoms with Gasteiger partial charge in [0.2, 0.25) is 0 Å². The molecule has 0 aliphatic heterocycles. The summed E-state index contributed by atoms with van der Waals surface area (Å²) in [4.78, 5) is 13.7. The van der Waals surface area contributed by atoms with Crippen molar-refractivity contribution in [3.8, 4) is 0 Å². The molecule has 1 aromatic carbocycles. The Morgan fingerprint density at radius 3 is 2.25 bits per heavy atom. The molecule has 0 unspecified atom stereocenters. The third-order valence-electron chi connectivity index (χ3n) is 2.39. The zero-order valence-corrected chi connectivity index (χ0v) is 13.7. The minimum Gasteiger partial charge on any atom is -0.331 e. The van der Waals surface area contributed by atoms with E-state index in [0.717, 1.165) is 0 Å². The normalized spacial score (nSPS) is 10.9. The highest BCUT2D eigenvalue weighted by atomic mass is 79.9. The summed E-state index contributed by atoms with van der Waals surface area (Å²) in [5, 5.41) is 0. The lowest BCUT2D eigenvalue weighted by Gasteiger charge is -2.19. The van der Waals surface area contributed by atoms with Crippen molar-refractivity contribution in [3.63, 3.8) is 0 Å². The van der Waals surface area contributed by atoms with Crippen LogP contribution in [0.1, 0.15) is 10.4 Å². The number of halogens is 2. The lowest BCUT2D eigenvalue weighted by atomic mass is 10.2. The van der Waals surface area contributed by atoms with Gasteiger partial charge in [0.1, 0.15) is 0 Å². The fourth-order valence-corrected chi connectivity index (χ4v) is 3.01. The molecule has 4 nitrogen and oxygen atoms in total. The maximum Gasteiger partial charge on any atom is 0.261 e. The van der Waals surface area contributed by atoms with Gasteiger partial charge >= 0.3 is 0 Å². The van der Waals surface area contributed by atoms with Gasteiger partial charge in [-0.1, -0.05) is 28.1 Å². The summed E-state index contributed by atoms with van der Waals surface area (Å²) in [5.41, 5.74) is 0.224. The van der Waals surface area contributed by atoms with Gasteiger partial charge in [0.15, 0.2) is 0 Å². The van der Waals surface area contributed by atoms with Crippen molar-refractivity contribution in [1.29, 1.82) is 0 Å². The van der Waals surface area contributed by atoms with E-state index in [1.807, 2.05) is 0 Å². The van der Waals surface area contributed by atoms with Gasteiger partial charge in [-0.05, 0) is 18.2 Å². The highest BCUT2D eigenvalue weighted by molar-refractivity contribution is 9.10. The van der Waals surface area contributed by atoms with Crippen LogP contribution in [-0.2, 0) is 9.05 Å². The first-order valence-corrected chi connectivity index (χ1v) is 8.66. The van der Waals surface area contributed by atoms with Crippen molar-refractivity contribution < 1.29 is 13.2 Å². The minimum atomic E-state index is -3.90. The van der Waals surface area contributed by atoms with Gasteiger partial charge in [-0.25, -0.2) is 8.42 Å². The summed E-state index contributed by atoms with van der Waals surface area (Å²) in [5.74, 6) is -0.326. The fourth-order valence-electron chi connectivity index (χ4n) is 1.56. The first-order chi connectivity index (χ1) is 9.29. The Labute approximate surface area is 131 Å². The zero-order valence-electron chi connectivity index (χ0n) is 10.6. The molecule has 0 N–H and O–H groups in total. The molecule has 7 heteroatoms. The van der Waals surface area contributed by atoms with Crippen molar-refractivity contribution in [2.45, 2.75) is 4.90 Å². The second kappa shape index (κ2) is 7.06. The number of nitrogens with zero attached hydrogens (tertiary/aromatic N) is 1. The molecule has 108 valence electrons. The fraction of sp³-hybridized carbons (Fsp3) is 0.154. The molecular formula is C13H13BrClNO3S. The molecule has 0 aliphatic carbocycles. The molecule has 0 aromatic heterocycles. The van der Waals surface area contributed by atoms with Crippen LogP contribution in [0.5, 0.6) is 0 Å². The number of benzene rings is 1. The third-order valence-corrected chi connectivity index (χ3v) is 4.18. The Kier molecular flexibility index (Phi) is 5.98. The molecule has 1 amide bonds. The monoisotopic (exact) mass is 377 g/mol. The maximum absolute atomic E-state index is 12.3. The Bertz CT molecular complexity index is 633. The largest absolute Gasteiger partial charge is 0.331 e. The lowest BCUT2D eigenvalue weighted by Crippen LogP contribution is -2.31. The van der Waals surface area contributed by atoms with Gasteiger partial charge in [-0.15, -0.1) is 13.2 Å². The number of rotatable bonds is 6. The summed E-state index contributed by atoms with van der Waals surface area (Å²) < 4.78 is 23.2. The van der Waals surface area contributed by atoms with Crippen LogP contribution in [0, 0.1) is 0 Å². The Hall–Kier alpha value is -1.11. The van der Waals surface area contributed by atoms with E-state index in [1.54, 1.807) is 12.2 Å². The summed E-state index contributed by atoms with van der Waals surface area (Å²) in [7, 11) is 1.40. The predicted molar refractivity (Wildman–Crippen MR) is 83.5 cm³/mol. The van der Waals surface area contributed by atoms with Crippen LogP contribution in [0.4, 0.5) is 0 Å². The first-order valence-electron chi connectivity index (χ1n) is 5.56. The predicted octanol–water partition coefficient (Wildman–Crippen LogP) is 3.19. The van der Waals surface area contributed by atoms with Crippen LogP contribution in [0.15, 0.2) is 52.9 Å². The number of carbonyl (C=O) groups excluding carboxylic acids is 1. The van der Waals surface area contributed by atoms with Gasteiger partial charge in [-0.2, -0.15) is 0 Å². The van der Waals surface area contributed by atoms with Crippen LogP contribution in [0.25, 0.3) is 0 Å². The van der Waals surface area contributed by atoms with Gasteiger partial charge in [-0.3, -0.25) is 4.79 Å². The van der Waals surface area contributed by atoms with Crippen molar-refractivity contribution >= 4 is 41.6 Å². The van der Waals surface area contributed by atoms with Gasteiger partial charge in [0.05, 0.1) is 4.90 Å². The van der Waals surface area contributed by atoms with Crippen LogP contribution < -0.4 is 0 Å². The molecule has 20 heavy (non-hydrogen) atoms. The van der Waals surface area contributed by atoms with Crippen molar-refractivity contribution in [3.05, 3.63) is 53.5 Å². The molecule has 0 atom stereocenters. The topological polar surface area (TPSA) is 54.5 Å². The van der Waals surface area contributed by atoms with Crippen LogP contribution in [-0.4, -0.2) is 32.3 Å². The van der Waals surface area contributed by atoms with Gasteiger partial charge < -0.3 is 4.90 Å². The molecule has 0 radical (unpaired) electrons. The molecule has 0 bridgehead atoms. The molecule has 0 saturated heterocycles. The Morgan fingerprint density at radius 2 is 1.80 bits per heavy atom. The van der Waals surface area contributed by atoms with E-state index in [9.17, 15) is 13.2 Å². The molecule has 0 fully saturated rings. The standard InChI is InChI=1S/C13H13BrClNO3S/c1-3-5-16(6-4-2)13(17)10-7-11(14)9-12(8-10)20(15,18)19/h3-4,7-9H,1-2,5-6H2. The third kappa shape index (κ3) is 4.47. The second-order valence-corrected chi connectivity index (χ2v) is 7.38. The lowest BCUT2D eigenvalue weighted by molar-refractivity contribution is 0.0790. The molecule has 1 rings (SSSR count). The summed E-state index contributed by atoms with van der Waals surface area (Å²) in [6.07, 6.45) is 3.16. The number of hydrogen-bond donors (Lipinski definition) is 0. The van der Waals surface area contributed by atoms with E-state index in [4.69, 9.17) is 10.7 Å². The first kappa shape index (κ1) is 16.9. The Balaban J connectivity index is 3.24. The van der Waals surface area contributed by atoms with Crippen molar-refractivity contribution in [2.24, 2.45) is 0 Å². The van der Waals surface area contributed by atoms with Crippen molar-refractivity contribution in [1.82, 2.24) is 4.90 Å². The quantitative estimate of drug-likeness (QED) is 0.564. The summed E-state index contributed by atoms with van der Waals surface area (Å²) in [6, 6.07) is 4.12. The number of amides is 1. The molecule has 0 saturated carbocycles. The molecule has 0 spiro atoms. The smallest absolute Gasteiger partial charge is 0.261 e. The molecular weight excluding hydrogens is 366 g/mol. The van der Waals surface area contributed by atoms with Gasteiger partial charge in [0.25, 0.3) is 15.0 Å². The average Bonchev–Trinajstić information content (AvgIpc) is 2.36.